The van der Waals surface area contributed by atoms with Gasteiger partial charge in [-0.2, -0.15) is 0 Å². The molecule has 2 N–H and O–H groups in total. The summed E-state index contributed by atoms with van der Waals surface area (Å²) in [7, 11) is 0. The van der Waals surface area contributed by atoms with Crippen molar-refractivity contribution < 1.29 is 19.5 Å². The van der Waals surface area contributed by atoms with Crippen molar-refractivity contribution in [3.8, 4) is 5.75 Å². The van der Waals surface area contributed by atoms with Gasteiger partial charge in [0, 0.05) is 17.1 Å². The zero-order valence-corrected chi connectivity index (χ0v) is 13.9. The molecule has 3 rings (SSSR count). The first-order chi connectivity index (χ1) is 11.5. The molecule has 1 unspecified atom stereocenters. The molecule has 0 aromatic heterocycles. The molecule has 0 fully saturated rings. The third kappa shape index (κ3) is 3.01. The zero-order valence-electron chi connectivity index (χ0n) is 13.1. The van der Waals surface area contributed by atoms with E-state index in [0.717, 1.165) is 18.4 Å². The maximum Gasteiger partial charge on any atom is 0.255 e. The van der Waals surface area contributed by atoms with E-state index >= 15 is 0 Å². The largest absolute Gasteiger partial charge is 0.486 e. The second-order valence-electron chi connectivity index (χ2n) is 5.93. The summed E-state index contributed by atoms with van der Waals surface area (Å²) < 4.78 is 5.57. The summed E-state index contributed by atoms with van der Waals surface area (Å²) in [6, 6.07) is 5.34. The predicted molar refractivity (Wildman–Crippen MR) is 88.6 cm³/mol. The number of oxime groups is 1. The lowest BCUT2D eigenvalue weighted by Crippen LogP contribution is -2.23. The molecule has 126 valence electrons. The highest BCUT2D eigenvalue weighted by atomic mass is 35.5. The van der Waals surface area contributed by atoms with Crippen LogP contribution in [0.25, 0.3) is 0 Å². The molecule has 1 aliphatic heterocycles. The van der Waals surface area contributed by atoms with Crippen LogP contribution >= 0.6 is 11.6 Å². The molecular weight excluding hydrogens is 332 g/mol. The Labute approximate surface area is 144 Å². The molecule has 1 aliphatic carbocycles. The molecule has 0 bridgehead atoms. The van der Waals surface area contributed by atoms with Crippen LogP contribution in [0.2, 0.25) is 5.02 Å². The average molecular weight is 349 g/mol. The summed E-state index contributed by atoms with van der Waals surface area (Å²) in [5.41, 5.74) is 2.45. The smallest absolute Gasteiger partial charge is 0.255 e. The van der Waals surface area contributed by atoms with Gasteiger partial charge in [-0.05, 0) is 43.9 Å². The lowest BCUT2D eigenvalue weighted by molar-refractivity contribution is -0.124. The summed E-state index contributed by atoms with van der Waals surface area (Å²) >= 11 is 6.15. The summed E-state index contributed by atoms with van der Waals surface area (Å²) in [4.78, 5) is 24.0. The van der Waals surface area contributed by atoms with E-state index in [1.165, 1.54) is 0 Å². The lowest BCUT2D eigenvalue weighted by atomic mass is 9.79. The molecule has 0 saturated carbocycles. The van der Waals surface area contributed by atoms with Gasteiger partial charge < -0.3 is 9.94 Å². The van der Waals surface area contributed by atoms with Crippen LogP contribution in [-0.4, -0.2) is 29.3 Å². The molecule has 6 nitrogen and oxygen atoms in total. The fraction of sp³-hybridized carbons (Fsp3) is 0.353. The number of benzene rings is 1. The molecule has 24 heavy (non-hydrogen) atoms. The second kappa shape index (κ2) is 6.65. The molecule has 0 spiro atoms. The Hall–Kier alpha value is -2.34. The van der Waals surface area contributed by atoms with Crippen molar-refractivity contribution >= 4 is 29.1 Å². The van der Waals surface area contributed by atoms with Gasteiger partial charge in [0.15, 0.2) is 0 Å². The van der Waals surface area contributed by atoms with Crippen LogP contribution in [0.1, 0.15) is 37.7 Å². The number of amides is 2. The van der Waals surface area contributed by atoms with E-state index in [-0.39, 0.29) is 24.3 Å². The first kappa shape index (κ1) is 16.5. The fourth-order valence-electron chi connectivity index (χ4n) is 3.14. The van der Waals surface area contributed by atoms with Crippen LogP contribution in [0.5, 0.6) is 5.75 Å². The summed E-state index contributed by atoms with van der Waals surface area (Å²) in [5, 5.41) is 14.6. The molecule has 1 aromatic carbocycles. The first-order valence-electron chi connectivity index (χ1n) is 7.69. The number of ether oxygens (including phenoxy) is 1. The fourth-order valence-corrected chi connectivity index (χ4v) is 3.31. The predicted octanol–water partition coefficient (Wildman–Crippen LogP) is 2.79. The van der Waals surface area contributed by atoms with E-state index < -0.39 is 0 Å². The molecular formula is C17H17ClN2O4. The Balaban J connectivity index is 1.92. The van der Waals surface area contributed by atoms with Gasteiger partial charge >= 0.3 is 0 Å². The van der Waals surface area contributed by atoms with E-state index in [1.54, 1.807) is 19.1 Å². The van der Waals surface area contributed by atoms with E-state index in [1.807, 2.05) is 6.07 Å². The Morgan fingerprint density at radius 2 is 2.21 bits per heavy atom. The zero-order chi connectivity index (χ0) is 17.3. The Morgan fingerprint density at radius 3 is 2.96 bits per heavy atom. The van der Waals surface area contributed by atoms with Crippen LogP contribution in [0.4, 0.5) is 0 Å². The number of nitrogens with zero attached hydrogens (tertiary/aromatic N) is 1. The van der Waals surface area contributed by atoms with Gasteiger partial charge in [-0.15, -0.1) is 0 Å². The number of rotatable bonds is 4. The number of imide groups is 1. The topological polar surface area (TPSA) is 88.0 Å². The third-order valence-electron chi connectivity index (χ3n) is 4.30. The minimum Gasteiger partial charge on any atom is -0.486 e. The van der Waals surface area contributed by atoms with E-state index in [0.29, 0.717) is 34.1 Å². The molecule has 1 heterocycles. The summed E-state index contributed by atoms with van der Waals surface area (Å²) in [6.45, 7) is 1.74. The Kier molecular flexibility index (Phi) is 4.57. The highest BCUT2D eigenvalue weighted by Crippen LogP contribution is 2.41. The van der Waals surface area contributed by atoms with Gasteiger partial charge in [-0.25, -0.2) is 0 Å². The van der Waals surface area contributed by atoms with Crippen molar-refractivity contribution in [3.63, 3.8) is 0 Å². The van der Waals surface area contributed by atoms with E-state index in [9.17, 15) is 9.59 Å². The van der Waals surface area contributed by atoms with Crippen LogP contribution in [-0.2, 0) is 9.59 Å². The highest BCUT2D eigenvalue weighted by Gasteiger charge is 2.38. The Morgan fingerprint density at radius 1 is 1.42 bits per heavy atom. The van der Waals surface area contributed by atoms with Crippen molar-refractivity contribution in [1.29, 1.82) is 0 Å². The number of hydrogen-bond acceptors (Lipinski definition) is 5. The van der Waals surface area contributed by atoms with Gasteiger partial charge in [0.25, 0.3) is 11.8 Å². The second-order valence-corrected chi connectivity index (χ2v) is 6.34. The highest BCUT2D eigenvalue weighted by molar-refractivity contribution is 6.32. The molecule has 0 saturated heterocycles. The van der Waals surface area contributed by atoms with Crippen LogP contribution in [0.3, 0.4) is 0 Å². The van der Waals surface area contributed by atoms with Crippen molar-refractivity contribution in [2.75, 3.05) is 6.61 Å². The summed E-state index contributed by atoms with van der Waals surface area (Å²) in [6.07, 6.45) is 2.27. The minimum absolute atomic E-state index is 0.108. The number of halogens is 1. The minimum atomic E-state index is -0.305. The number of carbonyl (C=O) groups excluding carboxylic acids is 2. The van der Waals surface area contributed by atoms with Gasteiger partial charge in [-0.1, -0.05) is 22.8 Å². The quantitative estimate of drug-likeness (QED) is 0.379. The van der Waals surface area contributed by atoms with Crippen LogP contribution in [0, 0.1) is 0 Å². The van der Waals surface area contributed by atoms with E-state index in [4.69, 9.17) is 21.5 Å². The third-order valence-corrected chi connectivity index (χ3v) is 4.62. The molecule has 0 radical (unpaired) electrons. The van der Waals surface area contributed by atoms with Gasteiger partial charge in [-0.3, -0.25) is 14.9 Å². The number of hydrogen-bond donors (Lipinski definition) is 2. The molecule has 7 heteroatoms. The maximum atomic E-state index is 12.1. The summed E-state index contributed by atoms with van der Waals surface area (Å²) in [5.74, 6) is -0.276. The van der Waals surface area contributed by atoms with Crippen molar-refractivity contribution in [2.45, 2.75) is 32.1 Å². The van der Waals surface area contributed by atoms with Gasteiger partial charge in [0.05, 0.1) is 10.7 Å². The van der Waals surface area contributed by atoms with Crippen molar-refractivity contribution in [1.82, 2.24) is 5.32 Å². The monoisotopic (exact) mass is 348 g/mol. The first-order valence-corrected chi connectivity index (χ1v) is 8.07. The average Bonchev–Trinajstić information content (AvgIpc) is 2.88. The van der Waals surface area contributed by atoms with Gasteiger partial charge in [0.2, 0.25) is 0 Å². The van der Waals surface area contributed by atoms with Crippen LogP contribution < -0.4 is 10.1 Å². The Bertz CT molecular complexity index is 770. The molecule has 1 atom stereocenters. The maximum absolute atomic E-state index is 12.1. The SMILES string of the molecule is CC(COc1cc(C2CCCC3=C2C(=O)NC3=O)ccc1Cl)=NO. The standard InChI is InChI=1S/C17H17ClN2O4/c1-9(20-23)8-24-14-7-10(5-6-13(14)18)11-3-2-4-12-15(11)17(22)19-16(12)21/h5-7,11,23H,2-4,8H2,1H3,(H,19,21,22). The number of carbonyl (C=O) groups is 2. The van der Waals surface area contributed by atoms with Crippen LogP contribution in [0.15, 0.2) is 34.5 Å². The lowest BCUT2D eigenvalue weighted by Gasteiger charge is -2.23. The number of nitrogens with one attached hydrogen (secondary N) is 1. The van der Waals surface area contributed by atoms with Crippen molar-refractivity contribution in [3.05, 3.63) is 39.9 Å². The van der Waals surface area contributed by atoms with Gasteiger partial charge in [0.1, 0.15) is 12.4 Å². The normalized spacial score (nSPS) is 20.9. The van der Waals surface area contributed by atoms with Crippen molar-refractivity contribution in [2.24, 2.45) is 5.16 Å². The van der Waals surface area contributed by atoms with E-state index in [2.05, 4.69) is 10.5 Å². The molecule has 2 amide bonds. The molecule has 1 aromatic rings. The molecule has 2 aliphatic rings.